The molecule has 5 heteroatoms. The first-order chi connectivity index (χ1) is 13.4. The number of ether oxygens (including phenoxy) is 2. The Morgan fingerprint density at radius 2 is 1.79 bits per heavy atom. The summed E-state index contributed by atoms with van der Waals surface area (Å²) < 4.78 is 11.1. The highest BCUT2D eigenvalue weighted by Gasteiger charge is 2.42. The van der Waals surface area contributed by atoms with E-state index in [0.29, 0.717) is 6.42 Å². The third-order valence-corrected chi connectivity index (χ3v) is 5.48. The SMILES string of the molecule is COc1ccc(OC)c(C2Nc3ccccc3NC3=CC(C)(C)CC(=O)C32)c1. The van der Waals surface area contributed by atoms with Crippen LogP contribution in [0.2, 0.25) is 0 Å². The number of hydrogen-bond acceptors (Lipinski definition) is 5. The maximum Gasteiger partial charge on any atom is 0.145 e. The van der Waals surface area contributed by atoms with Crippen LogP contribution in [0.1, 0.15) is 31.9 Å². The standard InChI is InChI=1S/C23H26N2O3/c1-23(2)12-18-21(19(26)13-23)22(25-17-8-6-5-7-16(17)24-18)15-11-14(27-3)9-10-20(15)28-4/h5-12,21-22,24-25H,13H2,1-4H3. The molecule has 2 aliphatic rings. The van der Waals surface area contributed by atoms with Crippen molar-refractivity contribution in [2.75, 3.05) is 24.9 Å². The number of benzene rings is 2. The number of Topliss-reactive ketones (excluding diaryl/α,β-unsaturated/α-hetero) is 1. The topological polar surface area (TPSA) is 59.6 Å². The van der Waals surface area contributed by atoms with Gasteiger partial charge in [-0.05, 0) is 35.7 Å². The Hall–Kier alpha value is -2.95. The highest BCUT2D eigenvalue weighted by Crippen LogP contribution is 2.47. The second kappa shape index (κ2) is 6.89. The Balaban J connectivity index is 1.92. The van der Waals surface area contributed by atoms with Crippen LogP contribution in [0.5, 0.6) is 11.5 Å². The average Bonchev–Trinajstić information content (AvgIpc) is 2.82. The van der Waals surface area contributed by atoms with Crippen LogP contribution in [-0.4, -0.2) is 20.0 Å². The van der Waals surface area contributed by atoms with Crippen molar-refractivity contribution in [1.82, 2.24) is 0 Å². The second-order valence-corrected chi connectivity index (χ2v) is 8.11. The van der Waals surface area contributed by atoms with Crippen molar-refractivity contribution in [1.29, 1.82) is 0 Å². The van der Waals surface area contributed by atoms with Gasteiger partial charge in [0.1, 0.15) is 17.3 Å². The molecule has 5 nitrogen and oxygen atoms in total. The lowest BCUT2D eigenvalue weighted by Gasteiger charge is -2.35. The zero-order valence-electron chi connectivity index (χ0n) is 16.7. The van der Waals surface area contributed by atoms with Crippen LogP contribution >= 0.6 is 0 Å². The Morgan fingerprint density at radius 3 is 2.50 bits per heavy atom. The van der Waals surface area contributed by atoms with E-state index in [9.17, 15) is 4.79 Å². The van der Waals surface area contributed by atoms with Gasteiger partial charge in [0.05, 0.1) is 37.6 Å². The van der Waals surface area contributed by atoms with E-state index < -0.39 is 0 Å². The van der Waals surface area contributed by atoms with Crippen molar-refractivity contribution in [3.05, 3.63) is 59.8 Å². The molecule has 2 unspecified atom stereocenters. The molecule has 0 bridgehead atoms. The van der Waals surface area contributed by atoms with Gasteiger partial charge in [0.25, 0.3) is 0 Å². The zero-order chi connectivity index (χ0) is 19.9. The average molecular weight is 378 g/mol. The molecular weight excluding hydrogens is 352 g/mol. The van der Waals surface area contributed by atoms with E-state index in [1.807, 2.05) is 42.5 Å². The molecule has 0 amide bonds. The Morgan fingerprint density at radius 1 is 1.04 bits per heavy atom. The molecule has 2 atom stereocenters. The van der Waals surface area contributed by atoms with Gasteiger partial charge in [0.2, 0.25) is 0 Å². The summed E-state index contributed by atoms with van der Waals surface area (Å²) >= 11 is 0. The number of carbonyl (C=O) groups excluding carboxylic acids is 1. The van der Waals surface area contributed by atoms with Crippen molar-refractivity contribution < 1.29 is 14.3 Å². The minimum absolute atomic E-state index is 0.182. The molecular formula is C23H26N2O3. The fourth-order valence-electron chi connectivity index (χ4n) is 4.24. The van der Waals surface area contributed by atoms with Gasteiger partial charge in [-0.2, -0.15) is 0 Å². The van der Waals surface area contributed by atoms with Crippen LogP contribution in [0, 0.1) is 11.3 Å². The minimum Gasteiger partial charge on any atom is -0.497 e. The first-order valence-electron chi connectivity index (χ1n) is 9.52. The molecule has 0 radical (unpaired) electrons. The van der Waals surface area contributed by atoms with Crippen LogP contribution in [0.15, 0.2) is 54.2 Å². The van der Waals surface area contributed by atoms with Crippen molar-refractivity contribution in [3.63, 3.8) is 0 Å². The molecule has 1 heterocycles. The summed E-state index contributed by atoms with van der Waals surface area (Å²) in [6, 6.07) is 13.5. The molecule has 0 saturated carbocycles. The third kappa shape index (κ3) is 3.21. The zero-order valence-corrected chi connectivity index (χ0v) is 16.7. The fourth-order valence-corrected chi connectivity index (χ4v) is 4.24. The molecule has 0 saturated heterocycles. The monoisotopic (exact) mass is 378 g/mol. The highest BCUT2D eigenvalue weighted by atomic mass is 16.5. The summed E-state index contributed by atoms with van der Waals surface area (Å²) in [5, 5.41) is 7.12. The number of anilines is 2. The maximum absolute atomic E-state index is 13.3. The number of para-hydroxylation sites is 2. The summed E-state index contributed by atoms with van der Waals surface area (Å²) in [7, 11) is 3.29. The lowest BCUT2D eigenvalue weighted by molar-refractivity contribution is -0.124. The van der Waals surface area contributed by atoms with Crippen molar-refractivity contribution in [2.45, 2.75) is 26.3 Å². The largest absolute Gasteiger partial charge is 0.497 e. The number of carbonyl (C=O) groups is 1. The molecule has 2 aromatic rings. The van der Waals surface area contributed by atoms with E-state index in [1.165, 1.54) is 0 Å². The van der Waals surface area contributed by atoms with Gasteiger partial charge >= 0.3 is 0 Å². The summed E-state index contributed by atoms with van der Waals surface area (Å²) in [6.07, 6.45) is 2.70. The van der Waals surface area contributed by atoms with Crippen LogP contribution < -0.4 is 20.1 Å². The lowest BCUT2D eigenvalue weighted by atomic mass is 9.72. The van der Waals surface area contributed by atoms with Gasteiger partial charge in [-0.3, -0.25) is 4.79 Å². The maximum atomic E-state index is 13.3. The van der Waals surface area contributed by atoms with E-state index in [2.05, 4.69) is 30.6 Å². The first-order valence-corrected chi connectivity index (χ1v) is 9.52. The Labute approximate surface area is 165 Å². The number of rotatable bonds is 3. The number of hydrogen-bond donors (Lipinski definition) is 2. The van der Waals surface area contributed by atoms with Crippen LogP contribution in [0.4, 0.5) is 11.4 Å². The predicted molar refractivity (Wildman–Crippen MR) is 111 cm³/mol. The van der Waals surface area contributed by atoms with Crippen LogP contribution in [0.3, 0.4) is 0 Å². The number of ketones is 1. The molecule has 2 N–H and O–H groups in total. The number of methoxy groups -OCH3 is 2. The molecule has 28 heavy (non-hydrogen) atoms. The predicted octanol–water partition coefficient (Wildman–Crippen LogP) is 4.78. The smallest absolute Gasteiger partial charge is 0.145 e. The van der Waals surface area contributed by atoms with E-state index >= 15 is 0 Å². The van der Waals surface area contributed by atoms with E-state index in [-0.39, 0.29) is 23.2 Å². The molecule has 0 fully saturated rings. The second-order valence-electron chi connectivity index (χ2n) is 8.11. The van der Waals surface area contributed by atoms with E-state index in [4.69, 9.17) is 9.47 Å². The normalized spacial score (nSPS) is 22.6. The van der Waals surface area contributed by atoms with Gasteiger partial charge in [-0.15, -0.1) is 0 Å². The third-order valence-electron chi connectivity index (χ3n) is 5.48. The Kier molecular flexibility index (Phi) is 4.53. The van der Waals surface area contributed by atoms with Gasteiger partial charge in [0.15, 0.2) is 0 Å². The van der Waals surface area contributed by atoms with Crippen molar-refractivity contribution in [2.24, 2.45) is 11.3 Å². The summed E-state index contributed by atoms with van der Waals surface area (Å²) in [4.78, 5) is 13.3. The fraction of sp³-hybridized carbons (Fsp3) is 0.348. The molecule has 2 aromatic carbocycles. The molecule has 0 aromatic heterocycles. The van der Waals surface area contributed by atoms with E-state index in [1.54, 1.807) is 14.2 Å². The molecule has 1 aliphatic carbocycles. The number of fused-ring (bicyclic) bond motifs is 2. The quantitative estimate of drug-likeness (QED) is 0.805. The van der Waals surface area contributed by atoms with Gasteiger partial charge < -0.3 is 20.1 Å². The first kappa shape index (κ1) is 18.4. The summed E-state index contributed by atoms with van der Waals surface area (Å²) in [6.45, 7) is 4.20. The highest BCUT2D eigenvalue weighted by molar-refractivity contribution is 5.90. The van der Waals surface area contributed by atoms with Crippen LogP contribution in [0.25, 0.3) is 0 Å². The molecule has 1 aliphatic heterocycles. The van der Waals surface area contributed by atoms with Crippen LogP contribution in [-0.2, 0) is 4.79 Å². The Bertz CT molecular complexity index is 949. The number of allylic oxidation sites excluding steroid dienone is 1. The van der Waals surface area contributed by atoms with Gasteiger partial charge in [0, 0.05) is 17.7 Å². The van der Waals surface area contributed by atoms with E-state index in [0.717, 1.165) is 34.1 Å². The van der Waals surface area contributed by atoms with Gasteiger partial charge in [-0.25, -0.2) is 0 Å². The van der Waals surface area contributed by atoms with Crippen molar-refractivity contribution in [3.8, 4) is 11.5 Å². The summed E-state index contributed by atoms with van der Waals surface area (Å²) in [5.41, 5.74) is 3.59. The molecule has 0 spiro atoms. The minimum atomic E-state index is -0.332. The molecule has 4 rings (SSSR count). The number of nitrogens with one attached hydrogen (secondary N) is 2. The molecule has 146 valence electrons. The van der Waals surface area contributed by atoms with Gasteiger partial charge in [-0.1, -0.05) is 32.1 Å². The lowest BCUT2D eigenvalue weighted by Crippen LogP contribution is -2.36. The summed E-state index contributed by atoms with van der Waals surface area (Å²) in [5.74, 6) is 1.35. The van der Waals surface area contributed by atoms with Crippen molar-refractivity contribution >= 4 is 17.2 Å².